The molecule has 3 rings (SSSR count). The molecule has 0 unspecified atom stereocenters. The van der Waals surface area contributed by atoms with Crippen LogP contribution in [0.1, 0.15) is 28.2 Å². The van der Waals surface area contributed by atoms with E-state index in [1.54, 1.807) is 36.1 Å². The SMILES string of the molecule is Cc1nnsc1C(=O)N1CCC(CNC(=O)C(=O)Nc2ccccc2)CC1. The Morgan fingerprint density at radius 2 is 1.85 bits per heavy atom. The molecule has 0 bridgehead atoms. The van der Waals surface area contributed by atoms with Crippen molar-refractivity contribution in [3.8, 4) is 0 Å². The molecule has 0 spiro atoms. The van der Waals surface area contributed by atoms with Gasteiger partial charge in [-0.1, -0.05) is 22.7 Å². The molecule has 8 nitrogen and oxygen atoms in total. The number of anilines is 1. The van der Waals surface area contributed by atoms with Gasteiger partial charge in [0, 0.05) is 25.3 Å². The van der Waals surface area contributed by atoms with Crippen LogP contribution in [0, 0.1) is 12.8 Å². The molecule has 0 aliphatic carbocycles. The molecule has 1 aromatic heterocycles. The van der Waals surface area contributed by atoms with Crippen LogP contribution in [0.4, 0.5) is 5.69 Å². The summed E-state index contributed by atoms with van der Waals surface area (Å²) < 4.78 is 3.81. The first kappa shape index (κ1) is 19.0. The minimum atomic E-state index is -0.679. The second kappa shape index (κ2) is 8.72. The van der Waals surface area contributed by atoms with Crippen LogP contribution in [0.5, 0.6) is 0 Å². The number of aryl methyl sites for hydroxylation is 1. The Morgan fingerprint density at radius 3 is 2.48 bits per heavy atom. The molecule has 1 aliphatic heterocycles. The number of carbonyl (C=O) groups is 3. The number of piperidine rings is 1. The van der Waals surface area contributed by atoms with Crippen molar-refractivity contribution in [1.29, 1.82) is 0 Å². The van der Waals surface area contributed by atoms with Gasteiger partial charge in [0.2, 0.25) is 0 Å². The monoisotopic (exact) mass is 387 g/mol. The van der Waals surface area contributed by atoms with E-state index in [0.717, 1.165) is 24.4 Å². The highest BCUT2D eigenvalue weighted by atomic mass is 32.1. The number of nitrogens with one attached hydrogen (secondary N) is 2. The molecule has 2 aromatic rings. The van der Waals surface area contributed by atoms with Crippen molar-refractivity contribution in [3.63, 3.8) is 0 Å². The Bertz CT molecular complexity index is 815. The summed E-state index contributed by atoms with van der Waals surface area (Å²) >= 11 is 1.12. The van der Waals surface area contributed by atoms with E-state index >= 15 is 0 Å². The molecule has 9 heteroatoms. The first-order valence-corrected chi connectivity index (χ1v) is 9.54. The van der Waals surface area contributed by atoms with Gasteiger partial charge in [0.25, 0.3) is 5.91 Å². The molecule has 0 atom stereocenters. The van der Waals surface area contributed by atoms with Crippen LogP contribution in [0.25, 0.3) is 0 Å². The summed E-state index contributed by atoms with van der Waals surface area (Å²) in [5.74, 6) is -1.12. The maximum atomic E-state index is 12.5. The smallest absolute Gasteiger partial charge is 0.313 e. The molecule has 142 valence electrons. The third-order valence-corrected chi connectivity index (χ3v) is 5.35. The van der Waals surface area contributed by atoms with E-state index in [1.165, 1.54) is 0 Å². The van der Waals surface area contributed by atoms with Gasteiger partial charge in [0.1, 0.15) is 4.88 Å². The van der Waals surface area contributed by atoms with Crippen molar-refractivity contribution in [2.45, 2.75) is 19.8 Å². The Hall–Kier alpha value is -2.81. The summed E-state index contributed by atoms with van der Waals surface area (Å²) in [6.45, 7) is 3.43. The van der Waals surface area contributed by atoms with Crippen molar-refractivity contribution in [1.82, 2.24) is 19.8 Å². The number of amides is 3. The van der Waals surface area contributed by atoms with E-state index in [0.29, 0.717) is 35.9 Å². The maximum Gasteiger partial charge on any atom is 0.313 e. The highest BCUT2D eigenvalue weighted by Gasteiger charge is 2.26. The van der Waals surface area contributed by atoms with Crippen LogP contribution < -0.4 is 10.6 Å². The summed E-state index contributed by atoms with van der Waals surface area (Å²) in [4.78, 5) is 38.7. The molecular weight excluding hydrogens is 366 g/mol. The number of aromatic nitrogens is 2. The van der Waals surface area contributed by atoms with Gasteiger partial charge in [-0.05, 0) is 49.3 Å². The van der Waals surface area contributed by atoms with Gasteiger partial charge in [-0.15, -0.1) is 5.10 Å². The molecule has 2 heterocycles. The van der Waals surface area contributed by atoms with Crippen molar-refractivity contribution >= 4 is 34.9 Å². The molecule has 1 fully saturated rings. The fraction of sp³-hybridized carbons (Fsp3) is 0.389. The lowest BCUT2D eigenvalue weighted by Gasteiger charge is -2.31. The fourth-order valence-electron chi connectivity index (χ4n) is 2.94. The second-order valence-corrected chi connectivity index (χ2v) is 7.21. The summed E-state index contributed by atoms with van der Waals surface area (Å²) in [7, 11) is 0. The van der Waals surface area contributed by atoms with Crippen molar-refractivity contribution in [2.75, 3.05) is 25.0 Å². The average molecular weight is 387 g/mol. The molecule has 3 amide bonds. The first-order chi connectivity index (χ1) is 13.0. The number of nitrogens with zero attached hydrogens (tertiary/aromatic N) is 3. The fourth-order valence-corrected chi connectivity index (χ4v) is 3.56. The summed E-state index contributed by atoms with van der Waals surface area (Å²) in [5, 5.41) is 9.12. The van der Waals surface area contributed by atoms with Gasteiger partial charge in [-0.2, -0.15) is 0 Å². The summed E-state index contributed by atoms with van der Waals surface area (Å²) in [5.41, 5.74) is 1.24. The van der Waals surface area contributed by atoms with Crippen LogP contribution in [-0.4, -0.2) is 51.8 Å². The van der Waals surface area contributed by atoms with E-state index in [1.807, 2.05) is 6.07 Å². The quantitative estimate of drug-likeness (QED) is 0.773. The normalized spacial score (nSPS) is 14.6. The Kier molecular flexibility index (Phi) is 6.12. The van der Waals surface area contributed by atoms with Crippen LogP contribution >= 0.6 is 11.5 Å². The molecule has 1 aliphatic rings. The van der Waals surface area contributed by atoms with Crippen LogP contribution in [0.3, 0.4) is 0 Å². The van der Waals surface area contributed by atoms with Gasteiger partial charge in [0.15, 0.2) is 0 Å². The minimum Gasteiger partial charge on any atom is -0.348 e. The van der Waals surface area contributed by atoms with E-state index in [2.05, 4.69) is 20.2 Å². The molecular formula is C18H21N5O3S. The van der Waals surface area contributed by atoms with Gasteiger partial charge >= 0.3 is 11.8 Å². The van der Waals surface area contributed by atoms with E-state index in [4.69, 9.17) is 0 Å². The van der Waals surface area contributed by atoms with E-state index in [9.17, 15) is 14.4 Å². The topological polar surface area (TPSA) is 104 Å². The van der Waals surface area contributed by atoms with Gasteiger partial charge in [0.05, 0.1) is 5.69 Å². The van der Waals surface area contributed by atoms with Crippen LogP contribution in [-0.2, 0) is 9.59 Å². The number of hydrogen-bond donors (Lipinski definition) is 2. The van der Waals surface area contributed by atoms with Crippen molar-refractivity contribution in [3.05, 3.63) is 40.9 Å². The van der Waals surface area contributed by atoms with Crippen molar-refractivity contribution < 1.29 is 14.4 Å². The molecule has 2 N–H and O–H groups in total. The number of rotatable bonds is 4. The maximum absolute atomic E-state index is 12.5. The standard InChI is InChI=1S/C18H21N5O3S/c1-12-15(27-22-21-12)18(26)23-9-7-13(8-10-23)11-19-16(24)17(25)20-14-5-3-2-4-6-14/h2-6,13H,7-11H2,1H3,(H,19,24)(H,20,25). The average Bonchev–Trinajstić information content (AvgIpc) is 3.12. The van der Waals surface area contributed by atoms with Gasteiger partial charge < -0.3 is 15.5 Å². The Balaban J connectivity index is 1.41. The van der Waals surface area contributed by atoms with E-state index in [-0.39, 0.29) is 11.8 Å². The molecule has 1 aromatic carbocycles. The lowest BCUT2D eigenvalue weighted by atomic mass is 9.96. The molecule has 0 saturated carbocycles. The zero-order chi connectivity index (χ0) is 19.2. The predicted molar refractivity (Wildman–Crippen MR) is 101 cm³/mol. The summed E-state index contributed by atoms with van der Waals surface area (Å²) in [6, 6.07) is 8.84. The van der Waals surface area contributed by atoms with Crippen LogP contribution in [0.2, 0.25) is 0 Å². The molecule has 1 saturated heterocycles. The number of likely N-dealkylation sites (tertiary alicyclic amines) is 1. The highest BCUT2D eigenvalue weighted by Crippen LogP contribution is 2.20. The van der Waals surface area contributed by atoms with Crippen molar-refractivity contribution in [2.24, 2.45) is 5.92 Å². The Morgan fingerprint density at radius 1 is 1.15 bits per heavy atom. The number of para-hydroxylation sites is 1. The predicted octanol–water partition coefficient (Wildman–Crippen LogP) is 1.45. The lowest BCUT2D eigenvalue weighted by molar-refractivity contribution is -0.136. The lowest BCUT2D eigenvalue weighted by Crippen LogP contribution is -2.43. The van der Waals surface area contributed by atoms with Gasteiger partial charge in [-0.3, -0.25) is 14.4 Å². The number of carbonyl (C=O) groups excluding carboxylic acids is 3. The highest BCUT2D eigenvalue weighted by molar-refractivity contribution is 7.07. The molecule has 27 heavy (non-hydrogen) atoms. The zero-order valence-corrected chi connectivity index (χ0v) is 15.8. The number of benzene rings is 1. The van der Waals surface area contributed by atoms with Crippen LogP contribution in [0.15, 0.2) is 30.3 Å². The third kappa shape index (κ3) is 4.88. The minimum absolute atomic E-state index is 0.0350. The Labute approximate surface area is 161 Å². The number of hydrogen-bond acceptors (Lipinski definition) is 6. The summed E-state index contributed by atoms with van der Waals surface area (Å²) in [6.07, 6.45) is 1.55. The zero-order valence-electron chi connectivity index (χ0n) is 15.0. The largest absolute Gasteiger partial charge is 0.348 e. The van der Waals surface area contributed by atoms with Gasteiger partial charge in [-0.25, -0.2) is 0 Å². The van der Waals surface area contributed by atoms with E-state index < -0.39 is 11.8 Å². The molecule has 0 radical (unpaired) electrons. The third-order valence-electron chi connectivity index (χ3n) is 4.54. The first-order valence-electron chi connectivity index (χ1n) is 8.77. The second-order valence-electron chi connectivity index (χ2n) is 6.45.